The summed E-state index contributed by atoms with van der Waals surface area (Å²) in [5.41, 5.74) is 0. The summed E-state index contributed by atoms with van der Waals surface area (Å²) in [5.74, 6) is 5.36. The third kappa shape index (κ3) is 228. The lowest BCUT2D eigenvalue weighted by Gasteiger charge is -1.48. The molecular formula is C9H20S4. The molecule has 0 saturated carbocycles. The van der Waals surface area contributed by atoms with Crippen molar-refractivity contribution in [1.29, 1.82) is 0 Å². The highest BCUT2D eigenvalue weighted by molar-refractivity contribution is 8.51. The van der Waals surface area contributed by atoms with E-state index in [4.69, 9.17) is 0 Å². The molecule has 0 heterocycles. The third-order valence-electron chi connectivity index (χ3n) is 0.278. The van der Waals surface area contributed by atoms with E-state index in [0.29, 0.717) is 0 Å². The fourth-order valence-corrected chi connectivity index (χ4v) is 0. The Kier molecular flexibility index (Phi) is 98.8. The van der Waals surface area contributed by atoms with Crippen molar-refractivity contribution in [3.63, 3.8) is 0 Å². The summed E-state index contributed by atoms with van der Waals surface area (Å²) in [6.07, 6.45) is 1.25. The lowest BCUT2D eigenvalue weighted by Crippen LogP contribution is -1.28. The Morgan fingerprint density at radius 1 is 0.923 bits per heavy atom. The maximum Gasteiger partial charge on any atom is 0 e. The molecule has 0 nitrogen and oxygen atoms in total. The van der Waals surface area contributed by atoms with Gasteiger partial charge < -0.3 is 0 Å². The summed E-state index contributed by atoms with van der Waals surface area (Å²) < 4.78 is 0. The summed E-state index contributed by atoms with van der Waals surface area (Å²) in [6, 6.07) is 0. The SMILES string of the molecule is CC.CC#CC.CCC.S=S=S=S. The van der Waals surface area contributed by atoms with E-state index in [1.54, 1.807) is 0 Å². The molecule has 0 aromatic carbocycles. The van der Waals surface area contributed by atoms with E-state index in [-0.39, 0.29) is 0 Å². The Morgan fingerprint density at radius 2 is 1.08 bits per heavy atom. The van der Waals surface area contributed by atoms with Gasteiger partial charge in [-0.15, -0.1) is 11.8 Å². The van der Waals surface area contributed by atoms with Gasteiger partial charge in [0.2, 0.25) is 0 Å². The first-order valence-electron chi connectivity index (χ1n) is 4.16. The number of rotatable bonds is 0. The van der Waals surface area contributed by atoms with Crippen molar-refractivity contribution >= 4 is 40.1 Å². The van der Waals surface area contributed by atoms with Crippen LogP contribution in [0.1, 0.15) is 48.0 Å². The van der Waals surface area contributed by atoms with Gasteiger partial charge in [-0.25, -0.2) is 0 Å². The summed E-state index contributed by atoms with van der Waals surface area (Å²) in [4.78, 5) is 0. The predicted molar refractivity (Wildman–Crippen MR) is 75.9 cm³/mol. The minimum absolute atomic E-state index is 1.17. The highest BCUT2D eigenvalue weighted by atomic mass is 33.2. The van der Waals surface area contributed by atoms with Crippen LogP contribution in [0.3, 0.4) is 0 Å². The molecule has 0 fully saturated rings. The Hall–Kier alpha value is 0.440. The lowest BCUT2D eigenvalue weighted by atomic mass is 10.6. The van der Waals surface area contributed by atoms with Gasteiger partial charge in [-0.3, -0.25) is 0 Å². The van der Waals surface area contributed by atoms with Crippen LogP contribution in [-0.4, -0.2) is 0 Å². The zero-order chi connectivity index (χ0) is 11.5. The number of hydrogen-bond donors (Lipinski definition) is 0. The van der Waals surface area contributed by atoms with E-state index in [1.165, 1.54) is 24.2 Å². The molecule has 0 aliphatic heterocycles. The van der Waals surface area contributed by atoms with Crippen LogP contribution in [-0.2, 0) is 40.1 Å². The minimum Gasteiger partial charge on any atom is -0.107 e. The van der Waals surface area contributed by atoms with Crippen LogP contribution in [0.2, 0.25) is 0 Å². The van der Waals surface area contributed by atoms with Gasteiger partial charge in [-0.1, -0.05) is 34.1 Å². The zero-order valence-corrected chi connectivity index (χ0v) is 12.6. The summed E-state index contributed by atoms with van der Waals surface area (Å²) in [6.45, 7) is 11.9. The van der Waals surface area contributed by atoms with Crippen LogP contribution < -0.4 is 0 Å². The van der Waals surface area contributed by atoms with E-state index >= 15 is 0 Å². The second-order valence-corrected chi connectivity index (χ2v) is 4.88. The van der Waals surface area contributed by atoms with Gasteiger partial charge in [0, 0.05) is 40.1 Å². The molecule has 4 heteroatoms. The molecular weight excluding hydrogens is 236 g/mol. The average molecular weight is 257 g/mol. The topological polar surface area (TPSA) is 0 Å². The van der Waals surface area contributed by atoms with Crippen molar-refractivity contribution in [1.82, 2.24) is 0 Å². The van der Waals surface area contributed by atoms with E-state index in [9.17, 15) is 0 Å². The van der Waals surface area contributed by atoms with Gasteiger partial charge >= 0.3 is 0 Å². The van der Waals surface area contributed by atoms with Crippen LogP contribution >= 0.6 is 0 Å². The molecule has 0 aliphatic carbocycles. The van der Waals surface area contributed by atoms with E-state index < -0.39 is 0 Å². The first-order chi connectivity index (χ1) is 6.24. The molecule has 0 aromatic rings. The first kappa shape index (κ1) is 23.3. The molecule has 0 spiro atoms. The highest BCUT2D eigenvalue weighted by Crippen LogP contribution is 1.56. The zero-order valence-electron chi connectivity index (χ0n) is 9.34. The monoisotopic (exact) mass is 256 g/mol. The van der Waals surface area contributed by atoms with Crippen LogP contribution in [0.4, 0.5) is 0 Å². The molecule has 0 saturated heterocycles. The largest absolute Gasteiger partial charge is 0.107 e. The molecule has 0 unspecified atom stereocenters. The molecule has 0 radical (unpaired) electrons. The normalized spacial score (nSPS) is 4.46. The Bertz CT molecular complexity index is 150. The second-order valence-electron chi connectivity index (χ2n) is 1.34. The van der Waals surface area contributed by atoms with Crippen molar-refractivity contribution in [2.45, 2.75) is 48.0 Å². The van der Waals surface area contributed by atoms with Crippen molar-refractivity contribution < 1.29 is 0 Å². The first-order valence-corrected chi connectivity index (χ1v) is 8.16. The molecule has 80 valence electrons. The van der Waals surface area contributed by atoms with E-state index in [0.717, 1.165) is 0 Å². The fraction of sp³-hybridized carbons (Fsp3) is 0.778. The van der Waals surface area contributed by atoms with Gasteiger partial charge in [-0.2, -0.15) is 0 Å². The van der Waals surface area contributed by atoms with Gasteiger partial charge in [-0.05, 0) is 13.8 Å². The van der Waals surface area contributed by atoms with Crippen molar-refractivity contribution in [2.24, 2.45) is 0 Å². The highest BCUT2D eigenvalue weighted by Gasteiger charge is 1.35. The van der Waals surface area contributed by atoms with E-state index in [1.807, 2.05) is 27.7 Å². The quantitative estimate of drug-likeness (QED) is 0.609. The van der Waals surface area contributed by atoms with Crippen LogP contribution in [0.5, 0.6) is 0 Å². The Morgan fingerprint density at radius 3 is 1.08 bits per heavy atom. The Labute approximate surface area is 99.6 Å². The van der Waals surface area contributed by atoms with Crippen molar-refractivity contribution in [3.8, 4) is 11.8 Å². The van der Waals surface area contributed by atoms with E-state index in [2.05, 4.69) is 48.1 Å². The van der Waals surface area contributed by atoms with Crippen LogP contribution in [0, 0.1) is 11.8 Å². The minimum atomic E-state index is 1.17. The van der Waals surface area contributed by atoms with Crippen molar-refractivity contribution in [3.05, 3.63) is 0 Å². The fourth-order valence-electron chi connectivity index (χ4n) is 0. The third-order valence-corrected chi connectivity index (χ3v) is 2.50. The molecule has 13 heavy (non-hydrogen) atoms. The van der Waals surface area contributed by atoms with Crippen molar-refractivity contribution in [2.75, 3.05) is 0 Å². The van der Waals surface area contributed by atoms with Crippen LogP contribution in [0.15, 0.2) is 0 Å². The van der Waals surface area contributed by atoms with Gasteiger partial charge in [0.15, 0.2) is 0 Å². The smallest absolute Gasteiger partial charge is 0 e. The van der Waals surface area contributed by atoms with Gasteiger partial charge in [0.1, 0.15) is 0 Å². The van der Waals surface area contributed by atoms with Gasteiger partial charge in [0.25, 0.3) is 0 Å². The maximum atomic E-state index is 4.33. The molecule has 0 aromatic heterocycles. The Balaban J connectivity index is -0.0000000431. The lowest BCUT2D eigenvalue weighted by molar-refractivity contribution is 1.09. The van der Waals surface area contributed by atoms with Crippen LogP contribution in [0.25, 0.3) is 0 Å². The molecule has 0 aliphatic rings. The average Bonchev–Trinajstić information content (AvgIpc) is 2.22. The molecule has 0 rings (SSSR count). The summed E-state index contributed by atoms with van der Waals surface area (Å²) >= 11 is 8.66. The summed E-state index contributed by atoms with van der Waals surface area (Å²) in [5, 5.41) is 0. The van der Waals surface area contributed by atoms with Gasteiger partial charge in [0.05, 0.1) is 0 Å². The maximum absolute atomic E-state index is 4.33. The summed E-state index contributed by atoms with van der Waals surface area (Å²) in [7, 11) is 2.34. The number of hydrogen-bond acceptors (Lipinski definition) is 2. The molecule has 0 bridgehead atoms. The molecule has 0 atom stereocenters. The second kappa shape index (κ2) is 55.0. The molecule has 0 amide bonds. The predicted octanol–water partition coefficient (Wildman–Crippen LogP) is 3.46. The molecule has 0 N–H and O–H groups in total. The standard InChI is InChI=1S/C4H6.C3H8.C2H6.S4/c1-3-4-2;1-3-2;1-2;1-3-4-2/h1-2H3;3H2,1-2H3;1-2H3;.